The molecule has 0 unspecified atom stereocenters. The van der Waals surface area contributed by atoms with Gasteiger partial charge in [0.2, 0.25) is 0 Å². The fraction of sp³-hybridized carbons (Fsp3) is 0.143. The largest absolute Gasteiger partial charge is 0.364 e. The molecule has 5 heteroatoms. The first-order chi connectivity index (χ1) is 8.97. The highest BCUT2D eigenvalue weighted by atomic mass is 127. The van der Waals surface area contributed by atoms with E-state index in [9.17, 15) is 9.59 Å². The minimum atomic E-state index is -0.402. The number of hydrogen-bond donors (Lipinski definition) is 2. The van der Waals surface area contributed by atoms with Crippen molar-refractivity contribution in [2.45, 2.75) is 13.8 Å². The summed E-state index contributed by atoms with van der Waals surface area (Å²) in [6.07, 6.45) is 1.44. The number of nitrogens with one attached hydrogen (secondary N) is 2. The lowest BCUT2D eigenvalue weighted by Crippen LogP contribution is -2.21. The van der Waals surface area contributed by atoms with E-state index in [2.05, 4.69) is 32.9 Å². The maximum Gasteiger partial charge on any atom is 0.261 e. The van der Waals surface area contributed by atoms with Gasteiger partial charge in [-0.15, -0.1) is 0 Å². The molecule has 0 aliphatic heterocycles. The third-order valence-corrected chi connectivity index (χ3v) is 3.89. The number of H-pyrrole nitrogens is 1. The van der Waals surface area contributed by atoms with Crippen LogP contribution in [0.5, 0.6) is 0 Å². The first-order valence-corrected chi connectivity index (χ1v) is 6.82. The summed E-state index contributed by atoms with van der Waals surface area (Å²) in [5.41, 5.74) is 2.38. The molecular formula is C14H13IN2O2. The molecule has 0 spiro atoms. The second-order valence-corrected chi connectivity index (χ2v) is 5.47. The van der Waals surface area contributed by atoms with E-state index in [0.717, 1.165) is 14.8 Å². The molecule has 0 aliphatic carbocycles. The summed E-state index contributed by atoms with van der Waals surface area (Å²) in [6.45, 7) is 3.77. The molecule has 4 nitrogen and oxygen atoms in total. The van der Waals surface area contributed by atoms with Crippen LogP contribution in [-0.4, -0.2) is 10.9 Å². The normalized spacial score (nSPS) is 10.3. The quantitative estimate of drug-likeness (QED) is 0.801. The Balaban J connectivity index is 2.25. The Morgan fingerprint density at radius 1 is 1.26 bits per heavy atom. The molecule has 98 valence electrons. The van der Waals surface area contributed by atoms with Crippen LogP contribution in [0.2, 0.25) is 0 Å². The van der Waals surface area contributed by atoms with Gasteiger partial charge in [0.15, 0.2) is 5.43 Å². The Morgan fingerprint density at radius 2 is 2.00 bits per heavy atom. The summed E-state index contributed by atoms with van der Waals surface area (Å²) >= 11 is 2.20. The minimum Gasteiger partial charge on any atom is -0.364 e. The highest BCUT2D eigenvalue weighted by Crippen LogP contribution is 2.17. The second-order valence-electron chi connectivity index (χ2n) is 4.31. The van der Waals surface area contributed by atoms with Crippen LogP contribution in [0.4, 0.5) is 5.69 Å². The summed E-state index contributed by atoms with van der Waals surface area (Å²) in [5.74, 6) is -0.402. The van der Waals surface area contributed by atoms with Gasteiger partial charge in [-0.05, 0) is 54.1 Å². The molecule has 1 amide bonds. The van der Waals surface area contributed by atoms with Gasteiger partial charge in [-0.3, -0.25) is 9.59 Å². The van der Waals surface area contributed by atoms with E-state index in [1.807, 2.05) is 25.1 Å². The molecule has 1 aromatic carbocycles. The lowest BCUT2D eigenvalue weighted by atomic mass is 10.2. The average molecular weight is 368 g/mol. The standard InChI is InChI=1S/C14H13IN2O2/c1-8-3-4-10(6-12(8)15)17-14(19)11-7-16-9(2)5-13(11)18/h3-7H,1-2H3,(H,16,18)(H,17,19). The van der Waals surface area contributed by atoms with Crippen molar-refractivity contribution in [2.24, 2.45) is 0 Å². The average Bonchev–Trinajstić information content (AvgIpc) is 2.33. The second kappa shape index (κ2) is 5.56. The number of rotatable bonds is 2. The van der Waals surface area contributed by atoms with E-state index in [4.69, 9.17) is 0 Å². The molecule has 0 radical (unpaired) electrons. The zero-order chi connectivity index (χ0) is 14.0. The van der Waals surface area contributed by atoms with Crippen LogP contribution in [0.15, 0.2) is 35.3 Å². The van der Waals surface area contributed by atoms with Crippen LogP contribution in [0.1, 0.15) is 21.6 Å². The number of benzene rings is 1. The maximum absolute atomic E-state index is 12.0. The molecule has 1 aromatic heterocycles. The van der Waals surface area contributed by atoms with Crippen LogP contribution in [0.3, 0.4) is 0 Å². The minimum absolute atomic E-state index is 0.112. The maximum atomic E-state index is 12.0. The number of pyridine rings is 1. The van der Waals surface area contributed by atoms with E-state index >= 15 is 0 Å². The number of carbonyl (C=O) groups excluding carboxylic acids is 1. The topological polar surface area (TPSA) is 62.0 Å². The van der Waals surface area contributed by atoms with Gasteiger partial charge in [-0.1, -0.05) is 6.07 Å². The molecule has 2 rings (SSSR count). The fourth-order valence-corrected chi connectivity index (χ4v) is 2.13. The zero-order valence-electron chi connectivity index (χ0n) is 10.6. The molecule has 0 aliphatic rings. The van der Waals surface area contributed by atoms with Crippen LogP contribution in [0, 0.1) is 17.4 Å². The molecule has 0 atom stereocenters. The SMILES string of the molecule is Cc1cc(=O)c(C(=O)Nc2ccc(C)c(I)c2)c[nH]1. The number of aromatic nitrogens is 1. The molecule has 0 saturated heterocycles. The van der Waals surface area contributed by atoms with Gasteiger partial charge >= 0.3 is 0 Å². The van der Waals surface area contributed by atoms with Crippen LogP contribution >= 0.6 is 22.6 Å². The molecule has 19 heavy (non-hydrogen) atoms. The van der Waals surface area contributed by atoms with Crippen molar-refractivity contribution in [3.8, 4) is 0 Å². The highest BCUT2D eigenvalue weighted by Gasteiger charge is 2.10. The van der Waals surface area contributed by atoms with Crippen LogP contribution in [0.25, 0.3) is 0 Å². The monoisotopic (exact) mass is 368 g/mol. The van der Waals surface area contributed by atoms with Gasteiger partial charge in [0.1, 0.15) is 5.56 Å². The van der Waals surface area contributed by atoms with Gasteiger partial charge in [-0.25, -0.2) is 0 Å². The van der Waals surface area contributed by atoms with Gasteiger partial charge in [-0.2, -0.15) is 0 Å². The number of aryl methyl sites for hydroxylation is 2. The Hall–Kier alpha value is -1.63. The summed E-state index contributed by atoms with van der Waals surface area (Å²) in [4.78, 5) is 26.6. The van der Waals surface area contributed by atoms with Crippen molar-refractivity contribution in [3.63, 3.8) is 0 Å². The molecular weight excluding hydrogens is 355 g/mol. The molecule has 2 N–H and O–H groups in total. The van der Waals surface area contributed by atoms with Crippen molar-refractivity contribution in [1.82, 2.24) is 4.98 Å². The van der Waals surface area contributed by atoms with E-state index in [1.54, 1.807) is 6.92 Å². The summed E-state index contributed by atoms with van der Waals surface area (Å²) in [5, 5.41) is 2.72. The van der Waals surface area contributed by atoms with Gasteiger partial charge < -0.3 is 10.3 Å². The zero-order valence-corrected chi connectivity index (χ0v) is 12.7. The van der Waals surface area contributed by atoms with Gasteiger partial charge in [0.25, 0.3) is 5.91 Å². The third kappa shape index (κ3) is 3.23. The molecule has 0 saturated carbocycles. The predicted octanol–water partition coefficient (Wildman–Crippen LogP) is 2.85. The van der Waals surface area contributed by atoms with E-state index in [-0.39, 0.29) is 11.0 Å². The smallest absolute Gasteiger partial charge is 0.261 e. The van der Waals surface area contributed by atoms with Crippen molar-refractivity contribution in [1.29, 1.82) is 0 Å². The summed E-state index contributed by atoms with van der Waals surface area (Å²) < 4.78 is 1.06. The van der Waals surface area contributed by atoms with Crippen molar-refractivity contribution >= 4 is 34.2 Å². The number of amides is 1. The Bertz CT molecular complexity index is 692. The van der Waals surface area contributed by atoms with Crippen molar-refractivity contribution in [3.05, 3.63) is 61.1 Å². The third-order valence-electron chi connectivity index (χ3n) is 2.73. The molecule has 0 fully saturated rings. The first kappa shape index (κ1) is 13.8. The Kier molecular flexibility index (Phi) is 4.04. The van der Waals surface area contributed by atoms with Gasteiger partial charge in [0, 0.05) is 27.2 Å². The molecule has 0 bridgehead atoms. The first-order valence-electron chi connectivity index (χ1n) is 5.74. The number of carbonyl (C=O) groups is 1. The van der Waals surface area contributed by atoms with Gasteiger partial charge in [0.05, 0.1) is 0 Å². The van der Waals surface area contributed by atoms with Crippen LogP contribution < -0.4 is 10.7 Å². The summed E-state index contributed by atoms with van der Waals surface area (Å²) in [6, 6.07) is 7.03. The number of aromatic amines is 1. The Morgan fingerprint density at radius 3 is 2.63 bits per heavy atom. The summed E-state index contributed by atoms with van der Waals surface area (Å²) in [7, 11) is 0. The van der Waals surface area contributed by atoms with Crippen molar-refractivity contribution in [2.75, 3.05) is 5.32 Å². The lowest BCUT2D eigenvalue weighted by molar-refractivity contribution is 0.102. The van der Waals surface area contributed by atoms with E-state index < -0.39 is 5.91 Å². The predicted molar refractivity (Wildman–Crippen MR) is 83.6 cm³/mol. The molecule has 1 heterocycles. The number of hydrogen-bond acceptors (Lipinski definition) is 2. The fourth-order valence-electron chi connectivity index (χ4n) is 1.62. The highest BCUT2D eigenvalue weighted by molar-refractivity contribution is 14.1. The number of halogens is 1. The van der Waals surface area contributed by atoms with Crippen molar-refractivity contribution < 1.29 is 4.79 Å². The van der Waals surface area contributed by atoms with E-state index in [1.165, 1.54) is 12.3 Å². The Labute approximate surface area is 124 Å². The van der Waals surface area contributed by atoms with Crippen LogP contribution in [-0.2, 0) is 0 Å². The number of anilines is 1. The van der Waals surface area contributed by atoms with E-state index in [0.29, 0.717) is 5.69 Å². The lowest BCUT2D eigenvalue weighted by Gasteiger charge is -2.07. The molecule has 2 aromatic rings.